The number of amidine groups is 1. The lowest BCUT2D eigenvalue weighted by molar-refractivity contribution is 1.10. The number of benzene rings is 7. The number of hydrogen-bond donors (Lipinski definition) is 0. The Morgan fingerprint density at radius 2 is 1.27 bits per heavy atom. The summed E-state index contributed by atoms with van der Waals surface area (Å²) in [6.07, 6.45) is 6.26. The molecule has 0 fully saturated rings. The molecule has 0 bridgehead atoms. The molecule has 0 spiro atoms. The highest BCUT2D eigenvalue weighted by Gasteiger charge is 2.23. The zero-order valence-electron chi connectivity index (χ0n) is 30.8. The van der Waals surface area contributed by atoms with Gasteiger partial charge in [-0.3, -0.25) is 0 Å². The summed E-state index contributed by atoms with van der Waals surface area (Å²) in [7, 11) is 0. The van der Waals surface area contributed by atoms with Gasteiger partial charge in [0.05, 0.1) is 17.1 Å². The molecule has 3 nitrogen and oxygen atoms in total. The van der Waals surface area contributed by atoms with Crippen molar-refractivity contribution in [3.63, 3.8) is 0 Å². The Morgan fingerprint density at radius 3 is 2.07 bits per heavy atom. The standard InChI is InChI=1S/C52H37N3S/c1-35-32-46(40-29-28-36-16-11-12-21-39(36)33-40)53-52(54-51(35)38-19-7-3-8-20-38)45-25-15-27-48-50(45)44-31-30-42(34-49(44)56-48)55(41-22-9-4-10-23-41)47-26-14-13-24-43(47)37-17-5-2-6-18-37/h2-14,16-24,26-34H,1,15,25H2. The van der Waals surface area contributed by atoms with Gasteiger partial charge in [0, 0.05) is 53.5 Å². The molecule has 266 valence electrons. The lowest BCUT2D eigenvalue weighted by Gasteiger charge is -2.28. The highest BCUT2D eigenvalue weighted by Crippen LogP contribution is 2.41. The monoisotopic (exact) mass is 735 g/mol. The third-order valence-electron chi connectivity index (χ3n) is 10.7. The molecular weight excluding hydrogens is 699 g/mol. The molecule has 0 saturated carbocycles. The van der Waals surface area contributed by atoms with Crippen molar-refractivity contribution >= 4 is 78.2 Å². The topological polar surface area (TPSA) is 28.0 Å². The molecule has 4 heteroatoms. The van der Waals surface area contributed by atoms with E-state index in [4.69, 9.17) is 9.98 Å². The number of allylic oxidation sites excluding steroid dienone is 2. The van der Waals surface area contributed by atoms with Gasteiger partial charge in [0.15, 0.2) is 5.84 Å². The molecule has 8 aromatic rings. The molecule has 7 aromatic carbocycles. The number of aliphatic imine (C=N–C) groups is 2. The fraction of sp³-hybridized carbons (Fsp3) is 0.0385. The van der Waals surface area contributed by atoms with E-state index in [0.29, 0.717) is 0 Å². The predicted molar refractivity (Wildman–Crippen MR) is 240 cm³/mol. The summed E-state index contributed by atoms with van der Waals surface area (Å²) < 4.78 is 2.50. The summed E-state index contributed by atoms with van der Waals surface area (Å²) >= 11 is 1.85. The van der Waals surface area contributed by atoms with Crippen LogP contribution in [0.25, 0.3) is 49.3 Å². The van der Waals surface area contributed by atoms with Crippen molar-refractivity contribution in [2.75, 3.05) is 4.90 Å². The van der Waals surface area contributed by atoms with Crippen molar-refractivity contribution in [1.82, 2.24) is 0 Å². The maximum absolute atomic E-state index is 5.43. The normalized spacial score (nSPS) is 14.0. The Labute approximate surface area is 330 Å². The second kappa shape index (κ2) is 14.4. The van der Waals surface area contributed by atoms with Crippen molar-refractivity contribution < 1.29 is 0 Å². The maximum atomic E-state index is 5.43. The first-order valence-corrected chi connectivity index (χ1v) is 19.9. The molecule has 0 N–H and O–H groups in total. The molecule has 0 atom stereocenters. The summed E-state index contributed by atoms with van der Waals surface area (Å²) in [5.74, 6) is 0.753. The van der Waals surface area contributed by atoms with E-state index in [1.54, 1.807) is 0 Å². The fourth-order valence-electron chi connectivity index (χ4n) is 7.99. The van der Waals surface area contributed by atoms with Crippen LogP contribution in [0, 0.1) is 0 Å². The van der Waals surface area contributed by atoms with Crippen LogP contribution in [0.4, 0.5) is 17.1 Å². The molecular formula is C52H37N3S. The van der Waals surface area contributed by atoms with E-state index >= 15 is 0 Å². The van der Waals surface area contributed by atoms with Gasteiger partial charge in [-0.25, -0.2) is 9.98 Å². The second-order valence-corrected chi connectivity index (χ2v) is 15.3. The van der Waals surface area contributed by atoms with Crippen LogP contribution >= 0.6 is 11.3 Å². The zero-order chi connectivity index (χ0) is 37.4. The SMILES string of the molecule is C=C1C=C(c2ccc3ccccc3c2)N=C(C2=c3c(sc4cc(N(c5ccccc5)c5ccccc5-c5ccccc5)ccc34)=CCC2)N=C1c1ccccc1. The highest BCUT2D eigenvalue weighted by atomic mass is 32.1. The Hall–Kier alpha value is -6.88. The second-order valence-electron chi connectivity index (χ2n) is 14.2. The Bertz CT molecular complexity index is 3030. The predicted octanol–water partition coefficient (Wildman–Crippen LogP) is 12.4. The zero-order valence-corrected chi connectivity index (χ0v) is 31.6. The lowest BCUT2D eigenvalue weighted by Crippen LogP contribution is -2.28. The maximum Gasteiger partial charge on any atom is 0.157 e. The molecule has 1 aromatic heterocycles. The molecule has 2 aliphatic rings. The molecule has 56 heavy (non-hydrogen) atoms. The first kappa shape index (κ1) is 33.7. The molecule has 0 saturated heterocycles. The first-order chi connectivity index (χ1) is 27.7. The van der Waals surface area contributed by atoms with Crippen molar-refractivity contribution in [3.8, 4) is 11.1 Å². The van der Waals surface area contributed by atoms with E-state index in [0.717, 1.165) is 63.8 Å². The number of fused-ring (bicyclic) bond motifs is 4. The van der Waals surface area contributed by atoms with E-state index < -0.39 is 0 Å². The van der Waals surface area contributed by atoms with Gasteiger partial charge in [0.1, 0.15) is 0 Å². The minimum absolute atomic E-state index is 0.753. The Balaban J connectivity index is 1.16. The van der Waals surface area contributed by atoms with Crippen LogP contribution in [0.15, 0.2) is 204 Å². The van der Waals surface area contributed by atoms with E-state index in [1.807, 2.05) is 17.4 Å². The van der Waals surface area contributed by atoms with Crippen molar-refractivity contribution in [2.45, 2.75) is 12.8 Å². The quantitative estimate of drug-likeness (QED) is 0.160. The van der Waals surface area contributed by atoms with Crippen molar-refractivity contribution in [3.05, 3.63) is 215 Å². The molecule has 2 heterocycles. The smallest absolute Gasteiger partial charge is 0.157 e. The summed E-state index contributed by atoms with van der Waals surface area (Å²) in [5, 5.41) is 4.84. The van der Waals surface area contributed by atoms with Gasteiger partial charge in [0.25, 0.3) is 0 Å². The molecule has 1 aliphatic carbocycles. The fourth-order valence-corrected chi connectivity index (χ4v) is 9.22. The Kier molecular flexibility index (Phi) is 8.66. The summed E-state index contributed by atoms with van der Waals surface area (Å²) in [4.78, 5) is 13.2. The first-order valence-electron chi connectivity index (χ1n) is 19.1. The minimum Gasteiger partial charge on any atom is -0.310 e. The molecule has 0 amide bonds. The third-order valence-corrected chi connectivity index (χ3v) is 11.8. The van der Waals surface area contributed by atoms with Gasteiger partial charge in [-0.2, -0.15) is 0 Å². The number of thiophene rings is 1. The third kappa shape index (κ3) is 6.20. The van der Waals surface area contributed by atoms with Crippen LogP contribution in [0.3, 0.4) is 0 Å². The van der Waals surface area contributed by atoms with E-state index in [1.165, 1.54) is 47.3 Å². The van der Waals surface area contributed by atoms with Gasteiger partial charge in [-0.05, 0) is 77.2 Å². The van der Waals surface area contributed by atoms with Crippen LogP contribution in [-0.2, 0) is 0 Å². The van der Waals surface area contributed by atoms with Gasteiger partial charge in [-0.15, -0.1) is 11.3 Å². The molecule has 1 aliphatic heterocycles. The number of rotatable bonds is 7. The average Bonchev–Trinajstić information content (AvgIpc) is 3.54. The number of nitrogens with zero attached hydrogens (tertiary/aromatic N) is 3. The van der Waals surface area contributed by atoms with Crippen molar-refractivity contribution in [2.24, 2.45) is 9.98 Å². The van der Waals surface area contributed by atoms with Gasteiger partial charge in [-0.1, -0.05) is 152 Å². The van der Waals surface area contributed by atoms with E-state index in [2.05, 4.69) is 193 Å². The van der Waals surface area contributed by atoms with E-state index in [9.17, 15) is 0 Å². The van der Waals surface area contributed by atoms with Crippen LogP contribution in [0.1, 0.15) is 24.0 Å². The van der Waals surface area contributed by atoms with Gasteiger partial charge in [0.2, 0.25) is 0 Å². The van der Waals surface area contributed by atoms with Gasteiger partial charge < -0.3 is 4.90 Å². The average molecular weight is 736 g/mol. The summed E-state index contributed by atoms with van der Waals surface area (Å²) in [5.41, 5.74) is 11.5. The highest BCUT2D eigenvalue weighted by molar-refractivity contribution is 7.17. The lowest BCUT2D eigenvalue weighted by atomic mass is 9.99. The summed E-state index contributed by atoms with van der Waals surface area (Å²) in [6.45, 7) is 4.54. The number of anilines is 3. The minimum atomic E-state index is 0.753. The van der Waals surface area contributed by atoms with Crippen molar-refractivity contribution in [1.29, 1.82) is 0 Å². The molecule has 10 rings (SSSR count). The van der Waals surface area contributed by atoms with Crippen LogP contribution in [0.5, 0.6) is 0 Å². The van der Waals surface area contributed by atoms with E-state index in [-0.39, 0.29) is 0 Å². The van der Waals surface area contributed by atoms with Crippen LogP contribution in [-0.4, -0.2) is 11.5 Å². The van der Waals surface area contributed by atoms with Gasteiger partial charge >= 0.3 is 0 Å². The Morgan fingerprint density at radius 1 is 0.571 bits per heavy atom. The van der Waals surface area contributed by atoms with Crippen LogP contribution in [0.2, 0.25) is 0 Å². The molecule has 0 radical (unpaired) electrons. The number of para-hydroxylation sites is 2. The summed E-state index contributed by atoms with van der Waals surface area (Å²) in [6, 6.07) is 62.3. The van der Waals surface area contributed by atoms with Crippen LogP contribution < -0.4 is 14.7 Å². The number of hydrogen-bond acceptors (Lipinski definition) is 4. The molecule has 0 unspecified atom stereocenters. The largest absolute Gasteiger partial charge is 0.310 e.